The van der Waals surface area contributed by atoms with Crippen molar-refractivity contribution >= 4 is 30.0 Å². The van der Waals surface area contributed by atoms with Crippen LogP contribution in [-0.4, -0.2) is 36.9 Å². The van der Waals surface area contributed by atoms with Gasteiger partial charge in [-0.3, -0.25) is 4.99 Å². The van der Waals surface area contributed by atoms with Gasteiger partial charge in [0.05, 0.1) is 7.11 Å². The van der Waals surface area contributed by atoms with Crippen molar-refractivity contribution in [2.24, 2.45) is 4.99 Å². The smallest absolute Gasteiger partial charge is 0.224 e. The highest BCUT2D eigenvalue weighted by atomic mass is 16.5. The van der Waals surface area contributed by atoms with Gasteiger partial charge in [0.25, 0.3) is 0 Å². The van der Waals surface area contributed by atoms with Crippen molar-refractivity contribution in [1.29, 1.82) is 0 Å². The van der Waals surface area contributed by atoms with Crippen molar-refractivity contribution in [3.8, 4) is 12.3 Å². The number of ether oxygens (including phenoxy) is 1. The molecule has 21 heavy (non-hydrogen) atoms. The van der Waals surface area contributed by atoms with E-state index in [0.717, 1.165) is 0 Å². The Labute approximate surface area is 124 Å². The maximum absolute atomic E-state index is 5.77. The van der Waals surface area contributed by atoms with Crippen LogP contribution in [0.15, 0.2) is 29.5 Å². The lowest BCUT2D eigenvalue weighted by Gasteiger charge is -2.28. The summed E-state index contributed by atoms with van der Waals surface area (Å²) in [7, 11) is 3.19. The third-order valence-electron chi connectivity index (χ3n) is 2.88. The summed E-state index contributed by atoms with van der Waals surface area (Å²) in [6, 6.07) is -0.563. The number of aromatic nitrogens is 2. The minimum atomic E-state index is -0.563. The predicted octanol–water partition coefficient (Wildman–Crippen LogP) is 1.13. The fourth-order valence-electron chi connectivity index (χ4n) is 1.73. The molecule has 1 atom stereocenters. The van der Waals surface area contributed by atoms with Crippen LogP contribution in [-0.2, 0) is 4.74 Å². The van der Waals surface area contributed by atoms with Gasteiger partial charge in [0.1, 0.15) is 17.5 Å². The number of methoxy groups -OCH3 is 1. The zero-order valence-electron chi connectivity index (χ0n) is 12.1. The number of nitrogens with zero attached hydrogens (tertiary/aromatic N) is 4. The molecule has 0 unspecified atom stereocenters. The van der Waals surface area contributed by atoms with Gasteiger partial charge in [0, 0.05) is 12.6 Å². The molecular formula is C14H18N6O. The van der Waals surface area contributed by atoms with Gasteiger partial charge in [-0.15, -0.1) is 6.42 Å². The van der Waals surface area contributed by atoms with Crippen LogP contribution in [0.2, 0.25) is 0 Å². The Balaban J connectivity index is 3.33. The molecule has 110 valence electrons. The Morgan fingerprint density at radius 3 is 2.52 bits per heavy atom. The molecule has 1 rings (SSSR count). The van der Waals surface area contributed by atoms with Crippen LogP contribution in [0.3, 0.4) is 0 Å². The second kappa shape index (κ2) is 6.43. The molecule has 0 bridgehead atoms. The van der Waals surface area contributed by atoms with Gasteiger partial charge in [-0.1, -0.05) is 19.1 Å². The molecule has 0 aliphatic rings. The van der Waals surface area contributed by atoms with Crippen molar-refractivity contribution in [2.45, 2.75) is 6.04 Å². The molecule has 0 saturated heterocycles. The van der Waals surface area contributed by atoms with Crippen molar-refractivity contribution < 1.29 is 4.74 Å². The number of rotatable bonds is 6. The molecule has 0 aliphatic heterocycles. The summed E-state index contributed by atoms with van der Waals surface area (Å²) in [4.78, 5) is 13.4. The summed E-state index contributed by atoms with van der Waals surface area (Å²) in [5.41, 5.74) is 12.2. The molecular weight excluding hydrogens is 268 g/mol. The quantitative estimate of drug-likeness (QED) is 0.352. The summed E-state index contributed by atoms with van der Waals surface area (Å²) in [6.45, 7) is 11.1. The van der Waals surface area contributed by atoms with Crippen molar-refractivity contribution in [2.75, 3.05) is 30.5 Å². The van der Waals surface area contributed by atoms with E-state index in [0.29, 0.717) is 22.8 Å². The zero-order valence-corrected chi connectivity index (χ0v) is 12.1. The molecule has 0 aliphatic carbocycles. The van der Waals surface area contributed by atoms with Crippen LogP contribution in [0.4, 0.5) is 23.3 Å². The lowest BCUT2D eigenvalue weighted by molar-refractivity contribution is 0.300. The van der Waals surface area contributed by atoms with Crippen LogP contribution < -0.4 is 16.4 Å². The standard InChI is InChI=1S/C14H18N6O/c1-7-10(8(2)9(3)21-6)20(5)13-11(17-4)12(15)18-14(16)19-13/h1,10H,2-4H2,5-6H3,(H4,15,16,18,19)/t10-/m0/s1. The van der Waals surface area contributed by atoms with Crippen molar-refractivity contribution in [1.82, 2.24) is 9.97 Å². The summed E-state index contributed by atoms with van der Waals surface area (Å²) < 4.78 is 5.05. The molecule has 4 N–H and O–H groups in total. The van der Waals surface area contributed by atoms with E-state index in [-0.39, 0.29) is 11.8 Å². The number of likely N-dealkylation sites (N-methyl/N-ethyl adjacent to an activating group) is 1. The SMILES string of the molecule is C#C[C@@H](C(=C)C(=C)OC)N(C)c1nc(N)nc(N)c1N=C. The molecule has 1 aromatic heterocycles. The molecule has 0 aromatic carbocycles. The Kier molecular flexibility index (Phi) is 4.91. The van der Waals surface area contributed by atoms with Gasteiger partial charge in [-0.05, 0) is 6.72 Å². The fourth-order valence-corrected chi connectivity index (χ4v) is 1.73. The third-order valence-corrected chi connectivity index (χ3v) is 2.88. The highest BCUT2D eigenvalue weighted by Gasteiger charge is 2.23. The minimum Gasteiger partial charge on any atom is -0.497 e. The lowest BCUT2D eigenvalue weighted by atomic mass is 10.1. The number of hydrogen-bond acceptors (Lipinski definition) is 7. The largest absolute Gasteiger partial charge is 0.497 e. The maximum atomic E-state index is 5.77. The molecule has 0 fully saturated rings. The van der Waals surface area contributed by atoms with E-state index in [9.17, 15) is 0 Å². The molecule has 0 radical (unpaired) electrons. The monoisotopic (exact) mass is 286 g/mol. The number of hydrogen-bond donors (Lipinski definition) is 2. The Hall–Kier alpha value is -3.01. The molecule has 7 heteroatoms. The van der Waals surface area contributed by atoms with Crippen LogP contribution in [0, 0.1) is 12.3 Å². The summed E-state index contributed by atoms with van der Waals surface area (Å²) in [5, 5.41) is 0. The Morgan fingerprint density at radius 1 is 1.43 bits per heavy atom. The van der Waals surface area contributed by atoms with Gasteiger partial charge in [-0.25, -0.2) is 0 Å². The van der Waals surface area contributed by atoms with E-state index < -0.39 is 6.04 Å². The Bertz CT molecular complexity index is 631. The van der Waals surface area contributed by atoms with Gasteiger partial charge in [0.15, 0.2) is 11.6 Å². The number of anilines is 3. The summed E-state index contributed by atoms with van der Waals surface area (Å²) in [6.07, 6.45) is 5.57. The van der Waals surface area contributed by atoms with Crippen LogP contribution in [0.5, 0.6) is 0 Å². The van der Waals surface area contributed by atoms with E-state index in [4.69, 9.17) is 22.6 Å². The van der Waals surface area contributed by atoms with Crippen LogP contribution in [0.25, 0.3) is 0 Å². The van der Waals surface area contributed by atoms with E-state index in [1.54, 1.807) is 11.9 Å². The molecule has 7 nitrogen and oxygen atoms in total. The lowest BCUT2D eigenvalue weighted by Crippen LogP contribution is -2.33. The number of aliphatic imine (C=N–C) groups is 1. The number of terminal acetylenes is 1. The van der Waals surface area contributed by atoms with Gasteiger partial charge >= 0.3 is 0 Å². The van der Waals surface area contributed by atoms with E-state index >= 15 is 0 Å². The van der Waals surface area contributed by atoms with Gasteiger partial charge in [-0.2, -0.15) is 9.97 Å². The van der Waals surface area contributed by atoms with Crippen molar-refractivity contribution in [3.63, 3.8) is 0 Å². The van der Waals surface area contributed by atoms with Gasteiger partial charge in [0.2, 0.25) is 5.95 Å². The second-order valence-corrected chi connectivity index (χ2v) is 4.13. The molecule has 0 saturated carbocycles. The average Bonchev–Trinajstić information content (AvgIpc) is 2.45. The highest BCUT2D eigenvalue weighted by Crippen LogP contribution is 2.33. The molecule has 0 amide bonds. The first-order valence-electron chi connectivity index (χ1n) is 5.88. The molecule has 1 aromatic rings. The van der Waals surface area contributed by atoms with E-state index in [2.05, 4.69) is 40.8 Å². The van der Waals surface area contributed by atoms with Gasteiger partial charge < -0.3 is 21.1 Å². The topological polar surface area (TPSA) is 103 Å². The van der Waals surface area contributed by atoms with Crippen LogP contribution in [0.1, 0.15) is 0 Å². The van der Waals surface area contributed by atoms with E-state index in [1.807, 2.05) is 0 Å². The predicted molar refractivity (Wildman–Crippen MR) is 86.4 cm³/mol. The second-order valence-electron chi connectivity index (χ2n) is 4.13. The molecule has 1 heterocycles. The van der Waals surface area contributed by atoms with Crippen molar-refractivity contribution in [3.05, 3.63) is 24.5 Å². The zero-order chi connectivity index (χ0) is 16.2. The van der Waals surface area contributed by atoms with Crippen LogP contribution >= 0.6 is 0 Å². The summed E-state index contributed by atoms with van der Waals surface area (Å²) >= 11 is 0. The fraction of sp³-hybridized carbons (Fsp3) is 0.214. The summed E-state index contributed by atoms with van der Waals surface area (Å²) in [5.74, 6) is 3.43. The normalized spacial score (nSPS) is 11.1. The Morgan fingerprint density at radius 2 is 2.05 bits per heavy atom. The maximum Gasteiger partial charge on any atom is 0.224 e. The number of nitrogen functional groups attached to an aromatic ring is 2. The first-order chi connectivity index (χ1) is 9.87. The highest BCUT2D eigenvalue weighted by molar-refractivity contribution is 5.77. The average molecular weight is 286 g/mol. The molecule has 0 spiro atoms. The minimum absolute atomic E-state index is 0.00806. The first-order valence-corrected chi connectivity index (χ1v) is 5.88. The number of nitrogens with two attached hydrogens (primary N) is 2. The third kappa shape index (κ3) is 3.12. The first kappa shape index (κ1) is 16.0. The van der Waals surface area contributed by atoms with E-state index in [1.165, 1.54) is 7.11 Å².